The summed E-state index contributed by atoms with van der Waals surface area (Å²) in [6.07, 6.45) is 1.35. The van der Waals surface area contributed by atoms with E-state index in [1.807, 2.05) is 13.8 Å². The summed E-state index contributed by atoms with van der Waals surface area (Å²) in [5.41, 5.74) is 1.76. The van der Waals surface area contributed by atoms with Crippen molar-refractivity contribution in [3.63, 3.8) is 0 Å². The molecule has 2 N–H and O–H groups in total. The maximum absolute atomic E-state index is 11.2. The lowest BCUT2D eigenvalue weighted by Gasteiger charge is -2.37. The Balaban J connectivity index is 2.49. The number of hydrogen-bond donors (Lipinski definition) is 2. The zero-order valence-corrected chi connectivity index (χ0v) is 9.93. The fraction of sp³-hybridized carbons (Fsp3) is 0.500. The van der Waals surface area contributed by atoms with Gasteiger partial charge in [-0.15, -0.1) is 0 Å². The van der Waals surface area contributed by atoms with Crippen LogP contribution in [0.5, 0.6) is 0 Å². The monoisotopic (exact) mass is 236 g/mol. The standard InChI is InChI=1S/C12H16N2O3/c1-7(2)11-9-6-13-10(15)5-8(9)3-4-14(11)12(16)17/h5-7,11H,3-4H2,1-2H3,(H,13,15)(H,16,17). The molecule has 0 saturated carbocycles. The molecule has 0 radical (unpaired) electrons. The summed E-state index contributed by atoms with van der Waals surface area (Å²) >= 11 is 0. The molecule has 0 bridgehead atoms. The minimum Gasteiger partial charge on any atom is -0.465 e. The Morgan fingerprint density at radius 2 is 2.29 bits per heavy atom. The summed E-state index contributed by atoms with van der Waals surface area (Å²) in [5.74, 6) is 0.177. The number of H-pyrrole nitrogens is 1. The second kappa shape index (κ2) is 4.24. The van der Waals surface area contributed by atoms with Gasteiger partial charge in [0.1, 0.15) is 0 Å². The van der Waals surface area contributed by atoms with Crippen LogP contribution in [-0.2, 0) is 6.42 Å². The molecule has 2 rings (SSSR count). The third-order valence-electron chi connectivity index (χ3n) is 3.20. The van der Waals surface area contributed by atoms with Gasteiger partial charge >= 0.3 is 6.09 Å². The SMILES string of the molecule is CC(C)C1c2c[nH]c(=O)cc2CCN1C(=O)O. The number of rotatable bonds is 1. The minimum absolute atomic E-state index is 0.130. The van der Waals surface area contributed by atoms with Crippen molar-refractivity contribution in [1.29, 1.82) is 0 Å². The fourth-order valence-electron chi connectivity index (χ4n) is 2.50. The molecule has 1 atom stereocenters. The lowest BCUT2D eigenvalue weighted by molar-refractivity contribution is 0.104. The number of fused-ring (bicyclic) bond motifs is 1. The molecule has 1 unspecified atom stereocenters. The zero-order chi connectivity index (χ0) is 12.6. The number of aromatic amines is 1. The van der Waals surface area contributed by atoms with Crippen molar-refractivity contribution in [1.82, 2.24) is 9.88 Å². The first-order chi connectivity index (χ1) is 8.00. The third kappa shape index (κ3) is 2.05. The van der Waals surface area contributed by atoms with Gasteiger partial charge in [0.2, 0.25) is 5.56 Å². The summed E-state index contributed by atoms with van der Waals surface area (Å²) in [4.78, 5) is 26.5. The zero-order valence-electron chi connectivity index (χ0n) is 9.93. The number of nitrogens with zero attached hydrogens (tertiary/aromatic N) is 1. The van der Waals surface area contributed by atoms with E-state index in [2.05, 4.69) is 4.98 Å². The van der Waals surface area contributed by atoms with Gasteiger partial charge in [-0.1, -0.05) is 13.8 Å². The van der Waals surface area contributed by atoms with Crippen LogP contribution in [0.25, 0.3) is 0 Å². The summed E-state index contributed by atoms with van der Waals surface area (Å²) < 4.78 is 0. The predicted octanol–water partition coefficient (Wildman–Crippen LogP) is 1.61. The number of aromatic nitrogens is 1. The Hall–Kier alpha value is -1.78. The van der Waals surface area contributed by atoms with Gasteiger partial charge < -0.3 is 15.0 Å². The van der Waals surface area contributed by atoms with Gasteiger partial charge in [-0.05, 0) is 23.5 Å². The van der Waals surface area contributed by atoms with Crippen LogP contribution in [0, 0.1) is 5.92 Å². The number of hydrogen-bond acceptors (Lipinski definition) is 2. The van der Waals surface area contributed by atoms with Crippen molar-refractivity contribution >= 4 is 6.09 Å². The van der Waals surface area contributed by atoms with E-state index in [1.54, 1.807) is 12.3 Å². The van der Waals surface area contributed by atoms with E-state index in [9.17, 15) is 14.7 Å². The first kappa shape index (κ1) is 11.7. The van der Waals surface area contributed by atoms with Gasteiger partial charge in [-0.2, -0.15) is 0 Å². The molecule has 5 heteroatoms. The van der Waals surface area contributed by atoms with Crippen LogP contribution in [-0.4, -0.2) is 27.6 Å². The van der Waals surface area contributed by atoms with Gasteiger partial charge in [0.15, 0.2) is 0 Å². The van der Waals surface area contributed by atoms with E-state index >= 15 is 0 Å². The van der Waals surface area contributed by atoms with E-state index < -0.39 is 6.09 Å². The highest BCUT2D eigenvalue weighted by Gasteiger charge is 2.32. The third-order valence-corrected chi connectivity index (χ3v) is 3.20. The molecule has 92 valence electrons. The van der Waals surface area contributed by atoms with Crippen molar-refractivity contribution in [3.05, 3.63) is 33.7 Å². The molecule has 0 saturated heterocycles. The van der Waals surface area contributed by atoms with Crippen LogP contribution in [0.4, 0.5) is 4.79 Å². The molecule has 1 aliphatic heterocycles. The first-order valence-electron chi connectivity index (χ1n) is 5.71. The predicted molar refractivity (Wildman–Crippen MR) is 63.1 cm³/mol. The molecule has 1 aromatic rings. The average molecular weight is 236 g/mol. The molecular weight excluding hydrogens is 220 g/mol. The molecule has 0 aromatic carbocycles. The number of carbonyl (C=O) groups is 1. The highest BCUT2D eigenvalue weighted by molar-refractivity contribution is 5.66. The Labute approximate surface area is 99.1 Å². The van der Waals surface area contributed by atoms with E-state index in [4.69, 9.17) is 0 Å². The van der Waals surface area contributed by atoms with Crippen LogP contribution in [0.2, 0.25) is 0 Å². The van der Waals surface area contributed by atoms with E-state index in [1.165, 1.54) is 4.90 Å². The smallest absolute Gasteiger partial charge is 0.407 e. The second-order valence-corrected chi connectivity index (χ2v) is 4.69. The van der Waals surface area contributed by atoms with Gasteiger partial charge in [0, 0.05) is 18.8 Å². The Morgan fingerprint density at radius 3 is 2.88 bits per heavy atom. The van der Waals surface area contributed by atoms with Crippen LogP contribution < -0.4 is 5.56 Å². The normalized spacial score (nSPS) is 19.2. The quantitative estimate of drug-likeness (QED) is 0.778. The molecule has 17 heavy (non-hydrogen) atoms. The molecule has 1 aliphatic rings. The van der Waals surface area contributed by atoms with E-state index in [0.717, 1.165) is 11.1 Å². The summed E-state index contributed by atoms with van der Waals surface area (Å²) in [7, 11) is 0. The van der Waals surface area contributed by atoms with Crippen molar-refractivity contribution in [2.75, 3.05) is 6.54 Å². The van der Waals surface area contributed by atoms with Crippen molar-refractivity contribution in [2.24, 2.45) is 5.92 Å². The molecule has 2 heterocycles. The summed E-state index contributed by atoms with van der Waals surface area (Å²) in [6, 6.07) is 1.40. The van der Waals surface area contributed by atoms with Crippen LogP contribution in [0.3, 0.4) is 0 Å². The highest BCUT2D eigenvalue weighted by Crippen LogP contribution is 2.33. The number of carboxylic acid groups (broad SMARTS) is 1. The second-order valence-electron chi connectivity index (χ2n) is 4.69. The lowest BCUT2D eigenvalue weighted by atomic mass is 9.88. The largest absolute Gasteiger partial charge is 0.465 e. The van der Waals surface area contributed by atoms with E-state index in [-0.39, 0.29) is 17.5 Å². The Kier molecular flexibility index (Phi) is 2.92. The minimum atomic E-state index is -0.902. The van der Waals surface area contributed by atoms with Gasteiger partial charge in [0.05, 0.1) is 6.04 Å². The molecule has 5 nitrogen and oxygen atoms in total. The van der Waals surface area contributed by atoms with Crippen LogP contribution in [0.1, 0.15) is 31.0 Å². The maximum atomic E-state index is 11.2. The lowest BCUT2D eigenvalue weighted by Crippen LogP contribution is -2.42. The molecule has 0 aliphatic carbocycles. The topological polar surface area (TPSA) is 73.4 Å². The number of nitrogens with one attached hydrogen (secondary N) is 1. The summed E-state index contributed by atoms with van der Waals surface area (Å²) in [6.45, 7) is 4.43. The first-order valence-corrected chi connectivity index (χ1v) is 5.71. The molecule has 1 amide bonds. The van der Waals surface area contributed by atoms with Crippen molar-refractivity contribution < 1.29 is 9.90 Å². The molecule has 0 fully saturated rings. The van der Waals surface area contributed by atoms with Crippen LogP contribution >= 0.6 is 0 Å². The van der Waals surface area contributed by atoms with Gasteiger partial charge in [-0.25, -0.2) is 4.79 Å². The molecular formula is C12H16N2O3. The fourth-order valence-corrected chi connectivity index (χ4v) is 2.50. The van der Waals surface area contributed by atoms with Gasteiger partial charge in [-0.3, -0.25) is 4.79 Å². The van der Waals surface area contributed by atoms with E-state index in [0.29, 0.717) is 13.0 Å². The highest BCUT2D eigenvalue weighted by atomic mass is 16.4. The van der Waals surface area contributed by atoms with Crippen LogP contribution in [0.15, 0.2) is 17.1 Å². The Bertz CT molecular complexity index is 493. The molecule has 0 spiro atoms. The maximum Gasteiger partial charge on any atom is 0.407 e. The Morgan fingerprint density at radius 1 is 1.59 bits per heavy atom. The number of amides is 1. The molecule has 1 aromatic heterocycles. The number of pyridine rings is 1. The van der Waals surface area contributed by atoms with Crippen molar-refractivity contribution in [2.45, 2.75) is 26.3 Å². The van der Waals surface area contributed by atoms with Gasteiger partial charge in [0.25, 0.3) is 0 Å². The average Bonchev–Trinajstić information content (AvgIpc) is 2.26. The van der Waals surface area contributed by atoms with Crippen molar-refractivity contribution in [3.8, 4) is 0 Å². The summed E-state index contributed by atoms with van der Waals surface area (Å²) in [5, 5.41) is 9.19.